The van der Waals surface area contributed by atoms with E-state index in [1.807, 2.05) is 35.2 Å². The van der Waals surface area contributed by atoms with Crippen LogP contribution in [0.4, 0.5) is 5.69 Å². The molecule has 0 N–H and O–H groups in total. The molecule has 0 aromatic heterocycles. The second kappa shape index (κ2) is 9.58. The lowest BCUT2D eigenvalue weighted by Gasteiger charge is -2.39. The Bertz CT molecular complexity index is 1120. The number of hydrogen-bond donors (Lipinski definition) is 0. The quantitative estimate of drug-likeness (QED) is 0.652. The summed E-state index contributed by atoms with van der Waals surface area (Å²) in [7, 11) is -2.08. The van der Waals surface area contributed by atoms with Gasteiger partial charge in [0.1, 0.15) is 11.8 Å². The molecule has 1 amide bonds. The van der Waals surface area contributed by atoms with Gasteiger partial charge < -0.3 is 14.5 Å². The minimum Gasteiger partial charge on any atom is -0.495 e. The Kier molecular flexibility index (Phi) is 6.53. The number of carbonyl (C=O) groups is 1. The smallest absolute Gasteiger partial charge is 0.244 e. The van der Waals surface area contributed by atoms with E-state index in [0.717, 1.165) is 37.1 Å². The molecule has 34 heavy (non-hydrogen) atoms. The topological polar surface area (TPSA) is 70.2 Å². The zero-order valence-corrected chi connectivity index (χ0v) is 20.5. The number of hydrogen-bond acceptors (Lipinski definition) is 5. The van der Waals surface area contributed by atoms with E-state index < -0.39 is 16.1 Å². The molecule has 3 aliphatic rings. The van der Waals surface area contributed by atoms with Gasteiger partial charge in [0.15, 0.2) is 0 Å². The number of rotatable bonds is 5. The lowest BCUT2D eigenvalue weighted by atomic mass is 9.85. The summed E-state index contributed by atoms with van der Waals surface area (Å²) in [4.78, 5) is 18.1. The SMILES string of the molecule is COc1ccccc1N1CCN(C(=O)C2CC3CCCCC3N2S(=O)(=O)c2ccccc2)CC1. The average molecular weight is 484 g/mol. The Hall–Kier alpha value is -2.58. The number of nitrogens with zero attached hydrogens (tertiary/aromatic N) is 3. The minimum atomic E-state index is -3.75. The van der Waals surface area contributed by atoms with Gasteiger partial charge in [-0.1, -0.05) is 43.2 Å². The van der Waals surface area contributed by atoms with E-state index in [2.05, 4.69) is 4.90 Å². The van der Waals surface area contributed by atoms with Crippen molar-refractivity contribution in [2.45, 2.75) is 49.1 Å². The van der Waals surface area contributed by atoms with Crippen LogP contribution in [-0.2, 0) is 14.8 Å². The van der Waals surface area contributed by atoms with Crippen LogP contribution in [0.25, 0.3) is 0 Å². The van der Waals surface area contributed by atoms with Gasteiger partial charge in [-0.15, -0.1) is 0 Å². The molecule has 0 spiro atoms. The summed E-state index contributed by atoms with van der Waals surface area (Å²) in [6.45, 7) is 2.53. The van der Waals surface area contributed by atoms with Crippen molar-refractivity contribution in [2.75, 3.05) is 38.2 Å². The largest absolute Gasteiger partial charge is 0.495 e. The molecule has 2 saturated heterocycles. The van der Waals surface area contributed by atoms with Crippen molar-refractivity contribution < 1.29 is 17.9 Å². The van der Waals surface area contributed by atoms with Crippen LogP contribution in [0, 0.1) is 5.92 Å². The summed E-state index contributed by atoms with van der Waals surface area (Å²) in [5, 5.41) is 0. The molecule has 182 valence electrons. The Labute approximate surface area is 202 Å². The maximum absolute atomic E-state index is 13.8. The predicted octanol–water partition coefficient (Wildman–Crippen LogP) is 3.37. The fraction of sp³-hybridized carbons (Fsp3) is 0.500. The molecule has 7 nitrogen and oxygen atoms in total. The number of para-hydroxylation sites is 2. The molecule has 0 radical (unpaired) electrons. The van der Waals surface area contributed by atoms with Crippen LogP contribution in [-0.4, -0.2) is 68.9 Å². The summed E-state index contributed by atoms with van der Waals surface area (Å²) >= 11 is 0. The highest BCUT2D eigenvalue weighted by atomic mass is 32.2. The third-order valence-corrected chi connectivity index (χ3v) is 9.60. The summed E-state index contributed by atoms with van der Waals surface area (Å²) in [5.41, 5.74) is 1.03. The molecule has 2 aromatic carbocycles. The number of methoxy groups -OCH3 is 1. The molecular formula is C26H33N3O4S. The van der Waals surface area contributed by atoms with Gasteiger partial charge in [-0.2, -0.15) is 4.31 Å². The van der Waals surface area contributed by atoms with Crippen molar-refractivity contribution in [3.63, 3.8) is 0 Å². The first kappa shape index (κ1) is 23.2. The van der Waals surface area contributed by atoms with Gasteiger partial charge in [-0.3, -0.25) is 4.79 Å². The zero-order chi connectivity index (χ0) is 23.7. The van der Waals surface area contributed by atoms with E-state index in [1.165, 1.54) is 0 Å². The van der Waals surface area contributed by atoms with Crippen molar-refractivity contribution in [3.05, 3.63) is 54.6 Å². The maximum atomic E-state index is 13.8. The molecule has 2 aromatic rings. The second-order valence-corrected chi connectivity index (χ2v) is 11.3. The van der Waals surface area contributed by atoms with E-state index in [1.54, 1.807) is 35.7 Å². The third-order valence-electron chi connectivity index (χ3n) is 7.65. The van der Waals surface area contributed by atoms with Crippen molar-refractivity contribution >= 4 is 21.6 Å². The Morgan fingerprint density at radius 1 is 0.912 bits per heavy atom. The number of anilines is 1. The highest BCUT2D eigenvalue weighted by Crippen LogP contribution is 2.43. The van der Waals surface area contributed by atoms with Crippen LogP contribution in [0.5, 0.6) is 5.75 Å². The van der Waals surface area contributed by atoms with E-state index in [-0.39, 0.29) is 22.8 Å². The normalized spacial score (nSPS) is 25.7. The predicted molar refractivity (Wildman–Crippen MR) is 131 cm³/mol. The number of benzene rings is 2. The molecule has 8 heteroatoms. The van der Waals surface area contributed by atoms with Crippen molar-refractivity contribution in [1.82, 2.24) is 9.21 Å². The van der Waals surface area contributed by atoms with Crippen LogP contribution in [0.3, 0.4) is 0 Å². The van der Waals surface area contributed by atoms with Gasteiger partial charge in [0.25, 0.3) is 0 Å². The maximum Gasteiger partial charge on any atom is 0.244 e. The fourth-order valence-corrected chi connectivity index (χ4v) is 7.85. The number of amides is 1. The van der Waals surface area contributed by atoms with E-state index in [0.29, 0.717) is 32.6 Å². The summed E-state index contributed by atoms with van der Waals surface area (Å²) in [6, 6.07) is 15.8. The van der Waals surface area contributed by atoms with Gasteiger partial charge in [0.05, 0.1) is 17.7 Å². The van der Waals surface area contributed by atoms with Gasteiger partial charge in [0, 0.05) is 32.2 Å². The van der Waals surface area contributed by atoms with Crippen LogP contribution < -0.4 is 9.64 Å². The van der Waals surface area contributed by atoms with Crippen LogP contribution in [0.15, 0.2) is 59.5 Å². The van der Waals surface area contributed by atoms with Crippen molar-refractivity contribution in [2.24, 2.45) is 5.92 Å². The standard InChI is InChI=1S/C26H33N3O4S/c1-33-25-14-8-7-13-23(25)27-15-17-28(18-16-27)26(30)24-19-20-9-5-6-12-22(20)29(24)34(31,32)21-10-3-2-4-11-21/h2-4,7-8,10-11,13-14,20,22,24H,5-6,9,12,15-19H2,1H3. The highest BCUT2D eigenvalue weighted by Gasteiger charge is 2.51. The Morgan fingerprint density at radius 2 is 1.59 bits per heavy atom. The lowest BCUT2D eigenvalue weighted by molar-refractivity contribution is -0.135. The molecule has 0 bridgehead atoms. The van der Waals surface area contributed by atoms with Crippen LogP contribution in [0.2, 0.25) is 0 Å². The third kappa shape index (κ3) is 4.18. The molecule has 1 saturated carbocycles. The van der Waals surface area contributed by atoms with Gasteiger partial charge in [-0.05, 0) is 49.4 Å². The first-order valence-electron chi connectivity index (χ1n) is 12.3. The lowest BCUT2D eigenvalue weighted by Crippen LogP contribution is -2.55. The molecule has 3 atom stereocenters. The average Bonchev–Trinajstić information content (AvgIpc) is 3.29. The molecule has 3 fully saturated rings. The number of ether oxygens (including phenoxy) is 1. The molecular weight excluding hydrogens is 450 g/mol. The summed E-state index contributed by atoms with van der Waals surface area (Å²) in [5.74, 6) is 1.03. The van der Waals surface area contributed by atoms with E-state index in [4.69, 9.17) is 4.74 Å². The van der Waals surface area contributed by atoms with E-state index in [9.17, 15) is 13.2 Å². The van der Waals surface area contributed by atoms with E-state index >= 15 is 0 Å². The first-order chi connectivity index (χ1) is 16.5. The zero-order valence-electron chi connectivity index (χ0n) is 19.7. The number of carbonyl (C=O) groups excluding carboxylic acids is 1. The summed E-state index contributed by atoms with van der Waals surface area (Å²) < 4.78 is 34.5. The molecule has 2 heterocycles. The van der Waals surface area contributed by atoms with Crippen molar-refractivity contribution in [1.29, 1.82) is 0 Å². The molecule has 2 aliphatic heterocycles. The molecule has 1 aliphatic carbocycles. The summed E-state index contributed by atoms with van der Waals surface area (Å²) in [6.07, 6.45) is 4.58. The Morgan fingerprint density at radius 3 is 2.32 bits per heavy atom. The molecule has 5 rings (SSSR count). The highest BCUT2D eigenvalue weighted by molar-refractivity contribution is 7.89. The number of fused-ring (bicyclic) bond motifs is 1. The second-order valence-electron chi connectivity index (χ2n) is 9.50. The van der Waals surface area contributed by atoms with Crippen LogP contribution in [0.1, 0.15) is 32.1 Å². The van der Waals surface area contributed by atoms with Gasteiger partial charge >= 0.3 is 0 Å². The minimum absolute atomic E-state index is 0.0476. The number of piperazine rings is 1. The fourth-order valence-electron chi connectivity index (χ4n) is 5.96. The first-order valence-corrected chi connectivity index (χ1v) is 13.7. The van der Waals surface area contributed by atoms with Gasteiger partial charge in [0.2, 0.25) is 15.9 Å². The van der Waals surface area contributed by atoms with Crippen LogP contribution >= 0.6 is 0 Å². The number of sulfonamides is 1. The molecule has 3 unspecified atom stereocenters. The Balaban J connectivity index is 1.36. The monoisotopic (exact) mass is 483 g/mol. The van der Waals surface area contributed by atoms with Gasteiger partial charge in [-0.25, -0.2) is 8.42 Å². The van der Waals surface area contributed by atoms with Crippen molar-refractivity contribution in [3.8, 4) is 5.75 Å².